The van der Waals surface area contributed by atoms with Crippen molar-refractivity contribution in [3.63, 3.8) is 0 Å². The summed E-state index contributed by atoms with van der Waals surface area (Å²) in [4.78, 5) is 15.2. The maximum atomic E-state index is 6.06. The molecule has 0 spiro atoms. The molecule has 7 heteroatoms. The molecule has 1 aromatic rings. The minimum absolute atomic E-state index is 0.282. The van der Waals surface area contributed by atoms with Crippen LogP contribution in [-0.4, -0.2) is 45.6 Å². The Labute approximate surface area is 135 Å². The molecule has 2 aliphatic heterocycles. The number of hydrogen-bond donors (Lipinski definition) is 1. The molecule has 116 valence electrons. The normalized spacial score (nSPS) is 23.1. The summed E-state index contributed by atoms with van der Waals surface area (Å²) in [5.74, 6) is 2.60. The highest BCUT2D eigenvalue weighted by molar-refractivity contribution is 7.99. The molecule has 2 fully saturated rings. The van der Waals surface area contributed by atoms with Gasteiger partial charge in [-0.15, -0.1) is 0 Å². The predicted octanol–water partition coefficient (Wildman–Crippen LogP) is 3.21. The standard InChI is InChI=1S/C14H22ClN5S/c15-12-17-13(16-10-11-6-2-5-9-21-11)19-14(18-12)20-7-3-1-4-8-20/h11H,1-10H2,(H,16,17,18,19). The zero-order valence-electron chi connectivity index (χ0n) is 12.2. The van der Waals surface area contributed by atoms with Crippen LogP contribution in [0.2, 0.25) is 5.28 Å². The molecule has 1 N–H and O–H groups in total. The number of aromatic nitrogens is 3. The molecule has 0 aromatic carbocycles. The fraction of sp³-hybridized carbons (Fsp3) is 0.786. The van der Waals surface area contributed by atoms with Crippen LogP contribution in [0.3, 0.4) is 0 Å². The van der Waals surface area contributed by atoms with E-state index in [0.29, 0.717) is 17.1 Å². The number of anilines is 2. The maximum absolute atomic E-state index is 6.06. The van der Waals surface area contributed by atoms with Crippen molar-refractivity contribution in [2.24, 2.45) is 0 Å². The van der Waals surface area contributed by atoms with Crippen molar-refractivity contribution in [3.8, 4) is 0 Å². The molecule has 21 heavy (non-hydrogen) atoms. The third-order valence-electron chi connectivity index (χ3n) is 4.00. The van der Waals surface area contributed by atoms with E-state index in [0.717, 1.165) is 19.6 Å². The summed E-state index contributed by atoms with van der Waals surface area (Å²) in [7, 11) is 0. The van der Waals surface area contributed by atoms with E-state index in [1.807, 2.05) is 11.8 Å². The van der Waals surface area contributed by atoms with Gasteiger partial charge in [0.15, 0.2) is 0 Å². The summed E-state index contributed by atoms with van der Waals surface area (Å²) in [5, 5.41) is 4.28. The van der Waals surface area contributed by atoms with Gasteiger partial charge in [-0.25, -0.2) is 0 Å². The van der Waals surface area contributed by atoms with E-state index in [1.54, 1.807) is 0 Å². The van der Waals surface area contributed by atoms with Crippen molar-refractivity contribution in [2.75, 3.05) is 35.6 Å². The van der Waals surface area contributed by atoms with Crippen LogP contribution >= 0.6 is 23.4 Å². The molecule has 0 amide bonds. The quantitative estimate of drug-likeness (QED) is 0.916. The number of thioether (sulfide) groups is 1. The smallest absolute Gasteiger partial charge is 0.231 e. The number of nitrogens with one attached hydrogen (secondary N) is 1. The van der Waals surface area contributed by atoms with Crippen LogP contribution in [0.1, 0.15) is 38.5 Å². The van der Waals surface area contributed by atoms with Crippen molar-refractivity contribution >= 4 is 35.3 Å². The predicted molar refractivity (Wildman–Crippen MR) is 89.5 cm³/mol. The van der Waals surface area contributed by atoms with Crippen LogP contribution in [0, 0.1) is 0 Å². The van der Waals surface area contributed by atoms with Crippen molar-refractivity contribution in [1.82, 2.24) is 15.0 Å². The van der Waals surface area contributed by atoms with E-state index in [4.69, 9.17) is 11.6 Å². The van der Waals surface area contributed by atoms with E-state index >= 15 is 0 Å². The highest BCUT2D eigenvalue weighted by atomic mass is 35.5. The molecule has 2 aliphatic rings. The monoisotopic (exact) mass is 327 g/mol. The highest BCUT2D eigenvalue weighted by Crippen LogP contribution is 2.25. The fourth-order valence-corrected chi connectivity index (χ4v) is 4.22. The average molecular weight is 328 g/mol. The summed E-state index contributed by atoms with van der Waals surface area (Å²) in [6.45, 7) is 2.93. The molecule has 1 unspecified atom stereocenters. The molecule has 0 aliphatic carbocycles. The summed E-state index contributed by atoms with van der Waals surface area (Å²) in [6.07, 6.45) is 7.64. The maximum Gasteiger partial charge on any atom is 0.231 e. The lowest BCUT2D eigenvalue weighted by molar-refractivity contribution is 0.567. The highest BCUT2D eigenvalue weighted by Gasteiger charge is 2.17. The zero-order chi connectivity index (χ0) is 14.5. The first kappa shape index (κ1) is 15.2. The molecule has 2 saturated heterocycles. The van der Waals surface area contributed by atoms with Gasteiger partial charge in [-0.3, -0.25) is 0 Å². The molecular weight excluding hydrogens is 306 g/mol. The molecule has 1 atom stereocenters. The molecule has 3 rings (SSSR count). The first-order valence-electron chi connectivity index (χ1n) is 7.83. The molecule has 1 aromatic heterocycles. The van der Waals surface area contributed by atoms with Gasteiger partial charge < -0.3 is 10.2 Å². The van der Waals surface area contributed by atoms with Gasteiger partial charge in [0.1, 0.15) is 0 Å². The molecule has 0 saturated carbocycles. The van der Waals surface area contributed by atoms with Gasteiger partial charge in [-0.1, -0.05) is 6.42 Å². The number of nitrogens with zero attached hydrogens (tertiary/aromatic N) is 4. The van der Waals surface area contributed by atoms with Crippen LogP contribution in [0.15, 0.2) is 0 Å². The average Bonchev–Trinajstić information content (AvgIpc) is 2.54. The van der Waals surface area contributed by atoms with Gasteiger partial charge in [0.25, 0.3) is 0 Å². The minimum atomic E-state index is 0.282. The lowest BCUT2D eigenvalue weighted by atomic mass is 10.1. The lowest BCUT2D eigenvalue weighted by Gasteiger charge is -2.27. The van der Waals surface area contributed by atoms with E-state index in [2.05, 4.69) is 25.2 Å². The Bertz CT molecular complexity index is 461. The molecule has 3 heterocycles. The largest absolute Gasteiger partial charge is 0.353 e. The summed E-state index contributed by atoms with van der Waals surface area (Å²) < 4.78 is 0. The van der Waals surface area contributed by atoms with E-state index in [9.17, 15) is 0 Å². The Morgan fingerprint density at radius 2 is 1.95 bits per heavy atom. The van der Waals surface area contributed by atoms with Crippen molar-refractivity contribution in [2.45, 2.75) is 43.8 Å². The Balaban J connectivity index is 1.62. The van der Waals surface area contributed by atoms with Crippen LogP contribution in [0.4, 0.5) is 11.9 Å². The number of rotatable bonds is 4. The third kappa shape index (κ3) is 4.36. The van der Waals surface area contributed by atoms with Gasteiger partial charge in [-0.2, -0.15) is 26.7 Å². The Hall–Kier alpha value is -0.750. The molecule has 5 nitrogen and oxygen atoms in total. The van der Waals surface area contributed by atoms with Crippen LogP contribution in [-0.2, 0) is 0 Å². The summed E-state index contributed by atoms with van der Waals surface area (Å²) in [5.41, 5.74) is 0. The van der Waals surface area contributed by atoms with E-state index in [1.165, 1.54) is 44.3 Å². The lowest BCUT2D eigenvalue weighted by Crippen LogP contribution is -2.31. The summed E-state index contributed by atoms with van der Waals surface area (Å²) in [6, 6.07) is 0. The summed E-state index contributed by atoms with van der Waals surface area (Å²) >= 11 is 8.10. The fourth-order valence-electron chi connectivity index (χ4n) is 2.83. The van der Waals surface area contributed by atoms with Gasteiger partial charge in [0, 0.05) is 24.9 Å². The van der Waals surface area contributed by atoms with Crippen molar-refractivity contribution < 1.29 is 0 Å². The van der Waals surface area contributed by atoms with Crippen molar-refractivity contribution in [3.05, 3.63) is 5.28 Å². The minimum Gasteiger partial charge on any atom is -0.353 e. The van der Waals surface area contributed by atoms with E-state index < -0.39 is 0 Å². The Morgan fingerprint density at radius 1 is 1.10 bits per heavy atom. The number of halogens is 1. The Kier molecular flexibility index (Phi) is 5.41. The third-order valence-corrected chi connectivity index (χ3v) is 5.56. The van der Waals surface area contributed by atoms with Gasteiger partial charge in [-0.05, 0) is 49.5 Å². The molecular formula is C14H22ClN5S. The topological polar surface area (TPSA) is 53.9 Å². The molecule has 0 radical (unpaired) electrons. The second-order valence-electron chi connectivity index (χ2n) is 5.65. The van der Waals surface area contributed by atoms with Crippen LogP contribution in [0.5, 0.6) is 0 Å². The Morgan fingerprint density at radius 3 is 2.71 bits per heavy atom. The first-order valence-corrected chi connectivity index (χ1v) is 9.26. The number of hydrogen-bond acceptors (Lipinski definition) is 6. The van der Waals surface area contributed by atoms with Gasteiger partial charge in [0.2, 0.25) is 17.2 Å². The first-order chi connectivity index (χ1) is 10.3. The van der Waals surface area contributed by atoms with Crippen LogP contribution in [0.25, 0.3) is 0 Å². The van der Waals surface area contributed by atoms with Crippen LogP contribution < -0.4 is 10.2 Å². The van der Waals surface area contributed by atoms with E-state index in [-0.39, 0.29) is 5.28 Å². The number of piperidine rings is 1. The zero-order valence-corrected chi connectivity index (χ0v) is 13.8. The second kappa shape index (κ2) is 7.49. The second-order valence-corrected chi connectivity index (χ2v) is 7.39. The van der Waals surface area contributed by atoms with Crippen molar-refractivity contribution in [1.29, 1.82) is 0 Å². The van der Waals surface area contributed by atoms with Gasteiger partial charge >= 0.3 is 0 Å². The SMILES string of the molecule is Clc1nc(NCC2CCCCS2)nc(N2CCCCC2)n1. The molecule has 0 bridgehead atoms. The van der Waals surface area contributed by atoms with Gasteiger partial charge in [0.05, 0.1) is 0 Å².